The van der Waals surface area contributed by atoms with Crippen LogP contribution in [0.4, 0.5) is 8.78 Å². The topological polar surface area (TPSA) is 99.1 Å². The normalized spacial score (nSPS) is 13.1. The molecule has 0 bridgehead atoms. The van der Waals surface area contributed by atoms with Crippen LogP contribution in [-0.4, -0.2) is 41.6 Å². The van der Waals surface area contributed by atoms with Crippen LogP contribution in [0.5, 0.6) is 11.5 Å². The highest BCUT2D eigenvalue weighted by Gasteiger charge is 2.51. The number of hydrogen-bond donors (Lipinski definition) is 1. The van der Waals surface area contributed by atoms with Crippen LogP contribution >= 0.6 is 22.6 Å². The van der Waals surface area contributed by atoms with Gasteiger partial charge in [-0.3, -0.25) is 0 Å². The van der Waals surface area contributed by atoms with Crippen molar-refractivity contribution in [2.75, 3.05) is 6.61 Å². The summed E-state index contributed by atoms with van der Waals surface area (Å²) < 4.78 is 43.8. The van der Waals surface area contributed by atoms with Crippen LogP contribution in [0, 0.1) is 9.49 Å². The van der Waals surface area contributed by atoms with Gasteiger partial charge in [-0.1, -0.05) is 39.8 Å². The molecule has 2 rings (SSSR count). The summed E-state index contributed by atoms with van der Waals surface area (Å²) in [6.45, 7) is 6.52. The quantitative estimate of drug-likeness (QED) is 0.200. The Hall–Kier alpha value is -2.76. The second-order valence-corrected chi connectivity index (χ2v) is 9.45. The lowest BCUT2D eigenvalue weighted by Gasteiger charge is -2.26. The molecule has 2 aromatic carbocycles. The zero-order chi connectivity index (χ0) is 26.3. The fourth-order valence-corrected chi connectivity index (χ4v) is 3.69. The van der Waals surface area contributed by atoms with E-state index in [1.165, 1.54) is 37.6 Å². The van der Waals surface area contributed by atoms with E-state index >= 15 is 0 Å². The number of carbonyl (C=O) groups excluding carboxylic acids is 2. The van der Waals surface area contributed by atoms with Crippen LogP contribution in [0.25, 0.3) is 0 Å². The van der Waals surface area contributed by atoms with E-state index in [1.54, 1.807) is 12.1 Å². The smallest absolute Gasteiger partial charge is 0.378 e. The number of carbonyl (C=O) groups is 3. The minimum Gasteiger partial charge on any atom is -0.482 e. The first-order valence-electron chi connectivity index (χ1n) is 10.9. The third-order valence-corrected chi connectivity index (χ3v) is 6.13. The second-order valence-electron chi connectivity index (χ2n) is 8.28. The zero-order valence-electron chi connectivity index (χ0n) is 19.7. The van der Waals surface area contributed by atoms with Gasteiger partial charge in [0.2, 0.25) is 0 Å². The Morgan fingerprint density at radius 1 is 1.06 bits per heavy atom. The van der Waals surface area contributed by atoms with Gasteiger partial charge in [0.15, 0.2) is 12.7 Å². The molecule has 35 heavy (non-hydrogen) atoms. The number of halogens is 3. The van der Waals surface area contributed by atoms with Crippen molar-refractivity contribution in [3.05, 3.63) is 57.2 Å². The minimum absolute atomic E-state index is 0.0984. The molecule has 0 aliphatic heterocycles. The summed E-state index contributed by atoms with van der Waals surface area (Å²) in [6.07, 6.45) is -1.14. The number of aliphatic carboxylic acids is 1. The van der Waals surface area contributed by atoms with E-state index in [0.29, 0.717) is 15.2 Å². The van der Waals surface area contributed by atoms with Crippen molar-refractivity contribution < 1.29 is 42.5 Å². The van der Waals surface area contributed by atoms with Gasteiger partial charge in [0.25, 0.3) is 0 Å². The highest BCUT2D eigenvalue weighted by Crippen LogP contribution is 2.29. The van der Waals surface area contributed by atoms with Gasteiger partial charge >= 0.3 is 23.8 Å². The summed E-state index contributed by atoms with van der Waals surface area (Å²) in [5.74, 6) is -8.30. The number of ether oxygens (including phenoxy) is 3. The van der Waals surface area contributed by atoms with Crippen LogP contribution in [0.2, 0.25) is 0 Å². The summed E-state index contributed by atoms with van der Waals surface area (Å²) in [7, 11) is 0. The Kier molecular flexibility index (Phi) is 9.99. The highest BCUT2D eigenvalue weighted by molar-refractivity contribution is 14.1. The zero-order valence-corrected chi connectivity index (χ0v) is 21.9. The number of carboxylic acid groups (broad SMARTS) is 1. The Bertz CT molecular complexity index is 1050. The third-order valence-electron chi connectivity index (χ3n) is 5.29. The number of benzene rings is 2. The molecule has 0 aliphatic rings. The average Bonchev–Trinajstić information content (AvgIpc) is 2.81. The predicted molar refractivity (Wildman–Crippen MR) is 132 cm³/mol. The predicted octanol–water partition coefficient (Wildman–Crippen LogP) is 5.69. The molecule has 0 aromatic heterocycles. The van der Waals surface area contributed by atoms with E-state index < -0.39 is 35.9 Å². The van der Waals surface area contributed by atoms with Crippen molar-refractivity contribution in [1.29, 1.82) is 0 Å². The molecule has 0 radical (unpaired) electrons. The van der Waals surface area contributed by atoms with Crippen LogP contribution in [0.15, 0.2) is 42.5 Å². The Labute approximate surface area is 215 Å². The maximum atomic E-state index is 13.9. The molecule has 2 aromatic rings. The molecule has 0 spiro atoms. The minimum atomic E-state index is -4.25. The highest BCUT2D eigenvalue weighted by atomic mass is 127. The van der Waals surface area contributed by atoms with Crippen molar-refractivity contribution >= 4 is 40.5 Å². The van der Waals surface area contributed by atoms with Crippen LogP contribution in [-0.2, 0) is 14.3 Å². The monoisotopic (exact) mass is 604 g/mol. The van der Waals surface area contributed by atoms with E-state index in [4.69, 9.17) is 19.3 Å². The van der Waals surface area contributed by atoms with Gasteiger partial charge in [0, 0.05) is 0 Å². The van der Waals surface area contributed by atoms with Gasteiger partial charge in [0.1, 0.15) is 11.5 Å². The first kappa shape index (κ1) is 28.5. The van der Waals surface area contributed by atoms with E-state index in [0.717, 1.165) is 6.42 Å². The lowest BCUT2D eigenvalue weighted by molar-refractivity contribution is -0.187. The molecule has 0 aliphatic carbocycles. The van der Waals surface area contributed by atoms with Crippen molar-refractivity contribution in [3.8, 4) is 11.5 Å². The summed E-state index contributed by atoms with van der Waals surface area (Å²) in [4.78, 5) is 35.5. The van der Waals surface area contributed by atoms with Crippen molar-refractivity contribution in [3.63, 3.8) is 0 Å². The molecule has 0 fully saturated rings. The largest absolute Gasteiger partial charge is 0.482 e. The number of hydrogen-bond acceptors (Lipinski definition) is 6. The standard InChI is InChI=1S/C25H27F2IO7/c1-5-15(4)16-6-9-18(10-7-16)33-13-21(29)34-20-11-8-17(12-19(20)28)23(30)35-22(14(2)3)25(26,27)24(31)32/h6-12,14-15,22H,5,13H2,1-4H3,(H,31,32). The first-order valence-corrected chi connectivity index (χ1v) is 12.0. The Morgan fingerprint density at radius 2 is 1.69 bits per heavy atom. The summed E-state index contributed by atoms with van der Waals surface area (Å²) in [5, 5.41) is 8.77. The SMILES string of the molecule is CCC(C)c1ccc(OCC(=O)Oc2ccc(C(=O)OC(C(C)C)C(F)(F)C(=O)O)cc2I)cc1. The fourth-order valence-electron chi connectivity index (χ4n) is 3.07. The molecule has 0 amide bonds. The van der Waals surface area contributed by atoms with Crippen molar-refractivity contribution in [2.45, 2.75) is 52.1 Å². The average molecular weight is 604 g/mol. The number of rotatable bonds is 11. The molecule has 7 nitrogen and oxygen atoms in total. The van der Waals surface area contributed by atoms with Crippen LogP contribution in [0.3, 0.4) is 0 Å². The maximum Gasteiger partial charge on any atom is 0.378 e. The molecule has 0 heterocycles. The number of alkyl halides is 2. The first-order chi connectivity index (χ1) is 16.4. The number of carboxylic acids is 1. The molecule has 0 saturated heterocycles. The van der Waals surface area contributed by atoms with Gasteiger partial charge in [-0.05, 0) is 76.7 Å². The van der Waals surface area contributed by atoms with Crippen molar-refractivity contribution in [2.24, 2.45) is 5.92 Å². The molecule has 10 heteroatoms. The molecule has 1 N–H and O–H groups in total. The van der Waals surface area contributed by atoms with Crippen molar-refractivity contribution in [1.82, 2.24) is 0 Å². The van der Waals surface area contributed by atoms with Gasteiger partial charge in [0.05, 0.1) is 9.13 Å². The summed E-state index contributed by atoms with van der Waals surface area (Å²) in [5.41, 5.74) is 1.07. The summed E-state index contributed by atoms with van der Waals surface area (Å²) in [6, 6.07) is 11.3. The molecule has 190 valence electrons. The second kappa shape index (κ2) is 12.3. The number of esters is 2. The fraction of sp³-hybridized carbons (Fsp3) is 0.400. The lowest BCUT2D eigenvalue weighted by atomic mass is 9.99. The van der Waals surface area contributed by atoms with E-state index in [1.807, 2.05) is 34.7 Å². The van der Waals surface area contributed by atoms with Crippen LogP contribution in [0.1, 0.15) is 56.0 Å². The molecule has 0 saturated carbocycles. The molecular weight excluding hydrogens is 577 g/mol. The summed E-state index contributed by atoms with van der Waals surface area (Å²) >= 11 is 1.81. The van der Waals surface area contributed by atoms with Gasteiger partial charge < -0.3 is 19.3 Å². The van der Waals surface area contributed by atoms with Gasteiger partial charge in [-0.2, -0.15) is 8.78 Å². The van der Waals surface area contributed by atoms with E-state index in [2.05, 4.69) is 13.8 Å². The van der Waals surface area contributed by atoms with Crippen LogP contribution < -0.4 is 9.47 Å². The maximum absolute atomic E-state index is 13.9. The molecule has 2 atom stereocenters. The van der Waals surface area contributed by atoms with E-state index in [-0.39, 0.29) is 17.9 Å². The Morgan fingerprint density at radius 3 is 2.20 bits per heavy atom. The Balaban J connectivity index is 2.00. The third kappa shape index (κ3) is 7.61. The molecular formula is C25H27F2IO7. The molecule has 2 unspecified atom stereocenters. The lowest BCUT2D eigenvalue weighted by Crippen LogP contribution is -2.47. The van der Waals surface area contributed by atoms with Gasteiger partial charge in [-0.25, -0.2) is 14.4 Å². The van der Waals surface area contributed by atoms with E-state index in [9.17, 15) is 23.2 Å². The van der Waals surface area contributed by atoms with Gasteiger partial charge in [-0.15, -0.1) is 0 Å².